The summed E-state index contributed by atoms with van der Waals surface area (Å²) >= 11 is 0. The van der Waals surface area contributed by atoms with Crippen molar-refractivity contribution in [3.8, 4) is 0 Å². The Labute approximate surface area is 142 Å². The van der Waals surface area contributed by atoms with E-state index in [0.29, 0.717) is 12.1 Å². The molecular formula is C18H20N2O3S. The Hall–Kier alpha value is -2.44. The third kappa shape index (κ3) is 4.53. The summed E-state index contributed by atoms with van der Waals surface area (Å²) in [5.74, 6) is -0.249. The van der Waals surface area contributed by atoms with Crippen LogP contribution in [0.2, 0.25) is 0 Å². The molecule has 0 heterocycles. The van der Waals surface area contributed by atoms with E-state index in [1.54, 1.807) is 0 Å². The number of nitrogens with one attached hydrogen (secondary N) is 2. The first kappa shape index (κ1) is 17.9. The molecule has 0 unspecified atom stereocenters. The van der Waals surface area contributed by atoms with Crippen LogP contribution in [-0.2, 0) is 16.6 Å². The molecule has 0 aliphatic carbocycles. The summed E-state index contributed by atoms with van der Waals surface area (Å²) in [6, 6.07) is 13.6. The molecule has 24 heavy (non-hydrogen) atoms. The number of sulfonamides is 1. The van der Waals surface area contributed by atoms with E-state index in [2.05, 4.69) is 16.6 Å². The molecule has 0 aliphatic rings. The molecule has 0 radical (unpaired) electrons. The zero-order valence-corrected chi connectivity index (χ0v) is 14.3. The number of carbonyl (C=O) groups is 1. The van der Waals surface area contributed by atoms with Gasteiger partial charge in [-0.05, 0) is 42.3 Å². The second-order valence-electron chi connectivity index (χ2n) is 5.27. The Morgan fingerprint density at radius 2 is 1.79 bits per heavy atom. The topological polar surface area (TPSA) is 75.3 Å². The Kier molecular flexibility index (Phi) is 5.89. The first-order valence-corrected chi connectivity index (χ1v) is 8.95. The van der Waals surface area contributed by atoms with E-state index in [0.717, 1.165) is 11.1 Å². The third-order valence-corrected chi connectivity index (χ3v) is 4.98. The average Bonchev–Trinajstić information content (AvgIpc) is 2.59. The minimum absolute atomic E-state index is 0.111. The summed E-state index contributed by atoms with van der Waals surface area (Å²) in [5.41, 5.74) is 2.55. The Balaban J connectivity index is 2.03. The van der Waals surface area contributed by atoms with Gasteiger partial charge in [-0.1, -0.05) is 30.3 Å². The van der Waals surface area contributed by atoms with Gasteiger partial charge >= 0.3 is 0 Å². The Morgan fingerprint density at radius 3 is 2.42 bits per heavy atom. The number of benzene rings is 2. The summed E-state index contributed by atoms with van der Waals surface area (Å²) < 4.78 is 26.3. The third-order valence-electron chi connectivity index (χ3n) is 3.55. The van der Waals surface area contributed by atoms with Gasteiger partial charge in [-0.3, -0.25) is 4.79 Å². The molecule has 1 amide bonds. The standard InChI is InChI=1S/C18H20N2O3S/c1-3-12-20-24(22,23)17-10-8-15(9-11-17)18(21)19-13-16-7-5-4-6-14(16)2/h3-11,20H,1,12-13H2,2H3,(H,19,21). The fraction of sp³-hybridized carbons (Fsp3) is 0.167. The molecule has 2 rings (SSSR count). The maximum absolute atomic E-state index is 12.2. The van der Waals surface area contributed by atoms with Gasteiger partial charge in [0.15, 0.2) is 0 Å². The number of hydrogen-bond acceptors (Lipinski definition) is 3. The molecule has 5 nitrogen and oxygen atoms in total. The average molecular weight is 344 g/mol. The highest BCUT2D eigenvalue weighted by Gasteiger charge is 2.14. The van der Waals surface area contributed by atoms with Crippen LogP contribution in [0.4, 0.5) is 0 Å². The minimum Gasteiger partial charge on any atom is -0.348 e. The van der Waals surface area contributed by atoms with Crippen molar-refractivity contribution in [3.05, 3.63) is 77.9 Å². The van der Waals surface area contributed by atoms with E-state index in [9.17, 15) is 13.2 Å². The summed E-state index contributed by atoms with van der Waals surface area (Å²) in [6.45, 7) is 6.03. The van der Waals surface area contributed by atoms with E-state index in [1.807, 2.05) is 31.2 Å². The summed E-state index contributed by atoms with van der Waals surface area (Å²) in [7, 11) is -3.58. The zero-order valence-electron chi connectivity index (χ0n) is 13.5. The molecule has 0 saturated carbocycles. The van der Waals surface area contributed by atoms with Gasteiger partial charge in [0.1, 0.15) is 0 Å². The van der Waals surface area contributed by atoms with Gasteiger partial charge in [0.05, 0.1) is 4.90 Å². The highest BCUT2D eigenvalue weighted by molar-refractivity contribution is 7.89. The number of aryl methyl sites for hydroxylation is 1. The van der Waals surface area contributed by atoms with Crippen LogP contribution in [0.5, 0.6) is 0 Å². The number of hydrogen-bond donors (Lipinski definition) is 2. The van der Waals surface area contributed by atoms with Gasteiger partial charge in [0.25, 0.3) is 5.91 Å². The van der Waals surface area contributed by atoms with Crippen molar-refractivity contribution < 1.29 is 13.2 Å². The zero-order chi connectivity index (χ0) is 17.6. The lowest BCUT2D eigenvalue weighted by Gasteiger charge is -2.09. The second kappa shape index (κ2) is 7.90. The van der Waals surface area contributed by atoms with Crippen molar-refractivity contribution >= 4 is 15.9 Å². The summed E-state index contributed by atoms with van der Waals surface area (Å²) in [4.78, 5) is 12.3. The molecule has 2 aromatic rings. The highest BCUT2D eigenvalue weighted by atomic mass is 32.2. The van der Waals surface area contributed by atoms with E-state index in [4.69, 9.17) is 0 Å². The molecule has 0 spiro atoms. The van der Waals surface area contributed by atoms with Gasteiger partial charge in [-0.2, -0.15) is 0 Å². The SMILES string of the molecule is C=CCNS(=O)(=O)c1ccc(C(=O)NCc2ccccc2C)cc1. The van der Waals surface area contributed by atoms with Crippen LogP contribution in [0.3, 0.4) is 0 Å². The number of rotatable bonds is 7. The first-order valence-electron chi connectivity index (χ1n) is 7.47. The maximum atomic E-state index is 12.2. The quantitative estimate of drug-likeness (QED) is 0.757. The van der Waals surface area contributed by atoms with Crippen molar-refractivity contribution in [1.82, 2.24) is 10.0 Å². The molecule has 6 heteroatoms. The van der Waals surface area contributed by atoms with E-state index in [-0.39, 0.29) is 17.3 Å². The fourth-order valence-corrected chi connectivity index (χ4v) is 3.12. The lowest BCUT2D eigenvalue weighted by molar-refractivity contribution is 0.0951. The van der Waals surface area contributed by atoms with E-state index >= 15 is 0 Å². The minimum atomic E-state index is -3.58. The molecule has 0 bridgehead atoms. The van der Waals surface area contributed by atoms with E-state index < -0.39 is 10.0 Å². The summed E-state index contributed by atoms with van der Waals surface area (Å²) in [6.07, 6.45) is 1.46. The highest BCUT2D eigenvalue weighted by Crippen LogP contribution is 2.11. The van der Waals surface area contributed by atoms with Crippen molar-refractivity contribution in [2.45, 2.75) is 18.4 Å². The molecule has 0 fully saturated rings. The Morgan fingerprint density at radius 1 is 1.12 bits per heavy atom. The second-order valence-corrected chi connectivity index (χ2v) is 7.04. The van der Waals surface area contributed by atoms with Gasteiger partial charge < -0.3 is 5.32 Å². The monoisotopic (exact) mass is 344 g/mol. The van der Waals surface area contributed by atoms with Crippen LogP contribution in [0.1, 0.15) is 21.5 Å². The largest absolute Gasteiger partial charge is 0.348 e. The van der Waals surface area contributed by atoms with Crippen molar-refractivity contribution in [2.24, 2.45) is 0 Å². The molecule has 0 aliphatic heterocycles. The van der Waals surface area contributed by atoms with Gasteiger partial charge in [0, 0.05) is 18.7 Å². The molecule has 0 atom stereocenters. The molecule has 0 aromatic heterocycles. The maximum Gasteiger partial charge on any atom is 0.251 e. The Bertz CT molecular complexity index is 828. The normalized spacial score (nSPS) is 11.0. The predicted octanol–water partition coefficient (Wildman–Crippen LogP) is 2.39. The van der Waals surface area contributed by atoms with Crippen molar-refractivity contribution in [2.75, 3.05) is 6.54 Å². The number of amides is 1. The van der Waals surface area contributed by atoms with Crippen LogP contribution < -0.4 is 10.0 Å². The van der Waals surface area contributed by atoms with Crippen LogP contribution in [-0.4, -0.2) is 20.9 Å². The molecule has 2 aromatic carbocycles. The lowest BCUT2D eigenvalue weighted by atomic mass is 10.1. The van der Waals surface area contributed by atoms with Gasteiger partial charge in [-0.15, -0.1) is 6.58 Å². The van der Waals surface area contributed by atoms with Crippen LogP contribution in [0.15, 0.2) is 66.1 Å². The molecule has 126 valence electrons. The van der Waals surface area contributed by atoms with Crippen LogP contribution in [0, 0.1) is 6.92 Å². The van der Waals surface area contributed by atoms with E-state index in [1.165, 1.54) is 30.3 Å². The fourth-order valence-electron chi connectivity index (χ4n) is 2.12. The number of carbonyl (C=O) groups excluding carboxylic acids is 1. The molecule has 0 saturated heterocycles. The van der Waals surface area contributed by atoms with Gasteiger partial charge in [0.2, 0.25) is 10.0 Å². The summed E-state index contributed by atoms with van der Waals surface area (Å²) in [5, 5.41) is 2.83. The van der Waals surface area contributed by atoms with Gasteiger partial charge in [-0.25, -0.2) is 13.1 Å². The predicted molar refractivity (Wildman–Crippen MR) is 94.2 cm³/mol. The molecular weight excluding hydrogens is 324 g/mol. The lowest BCUT2D eigenvalue weighted by Crippen LogP contribution is -2.25. The van der Waals surface area contributed by atoms with Crippen LogP contribution in [0.25, 0.3) is 0 Å². The smallest absolute Gasteiger partial charge is 0.251 e. The van der Waals surface area contributed by atoms with Crippen LogP contribution >= 0.6 is 0 Å². The molecule has 2 N–H and O–H groups in total. The van der Waals surface area contributed by atoms with Crippen molar-refractivity contribution in [1.29, 1.82) is 0 Å². The first-order chi connectivity index (χ1) is 11.4. The van der Waals surface area contributed by atoms with Crippen molar-refractivity contribution in [3.63, 3.8) is 0 Å².